The Balaban J connectivity index is 1.59. The van der Waals surface area contributed by atoms with Crippen molar-refractivity contribution in [2.45, 2.75) is 12.1 Å². The van der Waals surface area contributed by atoms with E-state index < -0.39 is 0 Å². The highest BCUT2D eigenvalue weighted by Crippen LogP contribution is 2.43. The van der Waals surface area contributed by atoms with Gasteiger partial charge in [-0.25, -0.2) is 4.39 Å². The molecule has 1 N–H and O–H groups in total. The molecule has 2 aromatic carbocycles. The van der Waals surface area contributed by atoms with Gasteiger partial charge >= 0.3 is 0 Å². The second-order valence-electron chi connectivity index (χ2n) is 8.24. The number of nitrogens with one attached hydrogen (secondary N) is 1. The first-order chi connectivity index (χ1) is 17.6. The third-order valence-corrected chi connectivity index (χ3v) is 6.62. The van der Waals surface area contributed by atoms with Gasteiger partial charge in [0.25, 0.3) is 0 Å². The van der Waals surface area contributed by atoms with Crippen LogP contribution in [0.25, 0.3) is 5.69 Å². The summed E-state index contributed by atoms with van der Waals surface area (Å²) in [5, 5.41) is 4.44. The average molecular weight is 523 g/mol. The molecule has 6 nitrogen and oxygen atoms in total. The number of ether oxygens (including phenoxy) is 2. The van der Waals surface area contributed by atoms with Crippen LogP contribution in [0.1, 0.15) is 23.5 Å². The molecule has 2 atom stereocenters. The minimum absolute atomic E-state index is 0.252. The lowest BCUT2D eigenvalue weighted by Crippen LogP contribution is -2.30. The number of aromatic nitrogens is 2. The van der Waals surface area contributed by atoms with Crippen molar-refractivity contribution < 1.29 is 13.9 Å². The van der Waals surface area contributed by atoms with E-state index in [1.165, 1.54) is 12.1 Å². The number of halogens is 2. The molecule has 1 aliphatic rings. The Labute approximate surface area is 219 Å². The van der Waals surface area contributed by atoms with E-state index in [-0.39, 0.29) is 17.9 Å². The highest BCUT2D eigenvalue weighted by Gasteiger charge is 2.42. The summed E-state index contributed by atoms with van der Waals surface area (Å²) < 4.78 is 26.9. The van der Waals surface area contributed by atoms with E-state index >= 15 is 0 Å². The Morgan fingerprint density at radius 2 is 1.92 bits per heavy atom. The molecule has 0 saturated carbocycles. The molecular weight excluding hydrogens is 499 g/mol. The lowest BCUT2D eigenvalue weighted by molar-refractivity contribution is 0.146. The fraction of sp³-hybridized carbons (Fsp3) is 0.185. The predicted molar refractivity (Wildman–Crippen MR) is 142 cm³/mol. The molecule has 0 radical (unpaired) electrons. The Bertz CT molecular complexity index is 1370. The molecule has 0 unspecified atom stereocenters. The van der Waals surface area contributed by atoms with Gasteiger partial charge in [-0.2, -0.15) is 0 Å². The number of hydrogen-bond acceptors (Lipinski definition) is 4. The molecule has 0 spiro atoms. The fourth-order valence-corrected chi connectivity index (χ4v) is 5.00. The maximum absolute atomic E-state index is 14.1. The Hall–Kier alpha value is -3.46. The number of rotatable bonds is 8. The van der Waals surface area contributed by atoms with Crippen LogP contribution in [0.5, 0.6) is 5.75 Å². The van der Waals surface area contributed by atoms with Crippen LogP contribution in [0, 0.1) is 5.82 Å². The quantitative estimate of drug-likeness (QED) is 0.231. The minimum Gasteiger partial charge on any atom is -0.490 e. The summed E-state index contributed by atoms with van der Waals surface area (Å²) in [7, 11) is 1.62. The normalized spacial score (nSPS) is 17.3. The number of pyridine rings is 1. The molecule has 1 saturated heterocycles. The summed E-state index contributed by atoms with van der Waals surface area (Å²) in [4.78, 5) is 6.62. The largest absolute Gasteiger partial charge is 0.490 e. The molecule has 1 aliphatic heterocycles. The number of nitrogens with zero attached hydrogens (tertiary/aromatic N) is 3. The lowest BCUT2D eigenvalue weighted by Gasteiger charge is -2.29. The van der Waals surface area contributed by atoms with Crippen LogP contribution in [-0.2, 0) is 4.74 Å². The van der Waals surface area contributed by atoms with E-state index in [9.17, 15) is 4.39 Å². The smallest absolute Gasteiger partial charge is 0.174 e. The molecule has 4 aromatic rings. The first-order valence-electron chi connectivity index (χ1n) is 11.4. The number of anilines is 1. The predicted octanol–water partition coefficient (Wildman–Crippen LogP) is 5.87. The molecular formula is C27H24ClFN4O2S. The summed E-state index contributed by atoms with van der Waals surface area (Å²) in [6.45, 7) is 0.855. The van der Waals surface area contributed by atoms with Gasteiger partial charge in [0, 0.05) is 36.6 Å². The Morgan fingerprint density at radius 3 is 2.67 bits per heavy atom. The van der Waals surface area contributed by atoms with Crippen LogP contribution in [0.15, 0.2) is 85.2 Å². The maximum atomic E-state index is 14.1. The van der Waals surface area contributed by atoms with Crippen molar-refractivity contribution in [1.82, 2.24) is 14.9 Å². The SMILES string of the molecule is COCCOc1ccc(N2C(=S)N[C@H](c3ccccn3)[C@H]2c2cccn2-c2cccc(F)c2)cc1Cl. The molecule has 9 heteroatoms. The van der Waals surface area contributed by atoms with Crippen LogP contribution in [-0.4, -0.2) is 35.0 Å². The number of benzene rings is 2. The van der Waals surface area contributed by atoms with Crippen molar-refractivity contribution in [3.63, 3.8) is 0 Å². The molecule has 0 amide bonds. The van der Waals surface area contributed by atoms with Gasteiger partial charge in [-0.1, -0.05) is 23.7 Å². The summed E-state index contributed by atoms with van der Waals surface area (Å²) >= 11 is 12.4. The average Bonchev–Trinajstić information content (AvgIpc) is 3.50. The molecule has 3 heterocycles. The van der Waals surface area contributed by atoms with Crippen molar-refractivity contribution in [2.24, 2.45) is 0 Å². The Morgan fingerprint density at radius 1 is 1.03 bits per heavy atom. The standard InChI is InChI=1S/C27H24ClFN4O2S/c1-34-14-15-35-24-11-10-20(17-21(24)28)33-26(25(31-27(33)36)22-8-2-3-12-30-22)23-9-5-13-32(23)19-7-4-6-18(29)16-19/h2-13,16-17,25-26H,14-15H2,1H3,(H,31,36)/t25-,26-/m1/s1. The third-order valence-electron chi connectivity index (χ3n) is 6.01. The fourth-order valence-electron chi connectivity index (χ4n) is 4.42. The van der Waals surface area contributed by atoms with E-state index in [0.717, 1.165) is 17.1 Å². The van der Waals surface area contributed by atoms with Crippen molar-refractivity contribution in [1.29, 1.82) is 0 Å². The first-order valence-corrected chi connectivity index (χ1v) is 12.2. The van der Waals surface area contributed by atoms with Crippen LogP contribution in [0.4, 0.5) is 10.1 Å². The van der Waals surface area contributed by atoms with Crippen molar-refractivity contribution in [2.75, 3.05) is 25.2 Å². The molecule has 0 aliphatic carbocycles. The lowest BCUT2D eigenvalue weighted by atomic mass is 10.0. The molecule has 36 heavy (non-hydrogen) atoms. The summed E-state index contributed by atoms with van der Waals surface area (Å²) in [5.41, 5.74) is 3.27. The van der Waals surface area contributed by atoms with Crippen LogP contribution in [0.2, 0.25) is 5.02 Å². The molecule has 5 rings (SSSR count). The number of hydrogen-bond donors (Lipinski definition) is 1. The van der Waals surface area contributed by atoms with E-state index in [2.05, 4.69) is 10.3 Å². The van der Waals surface area contributed by atoms with E-state index in [1.54, 1.807) is 19.4 Å². The zero-order chi connectivity index (χ0) is 25.1. The monoisotopic (exact) mass is 522 g/mol. The van der Waals surface area contributed by atoms with Crippen molar-refractivity contribution >= 4 is 34.6 Å². The van der Waals surface area contributed by atoms with Gasteiger partial charge in [0.1, 0.15) is 24.2 Å². The summed E-state index contributed by atoms with van der Waals surface area (Å²) in [6.07, 6.45) is 3.67. The van der Waals surface area contributed by atoms with Gasteiger partial charge in [0.05, 0.1) is 23.4 Å². The second-order valence-corrected chi connectivity index (χ2v) is 9.03. The highest BCUT2D eigenvalue weighted by molar-refractivity contribution is 7.80. The molecule has 2 aromatic heterocycles. The van der Waals surface area contributed by atoms with Crippen LogP contribution >= 0.6 is 23.8 Å². The first kappa shape index (κ1) is 24.2. The second kappa shape index (κ2) is 10.7. The van der Waals surface area contributed by atoms with E-state index in [4.69, 9.17) is 33.3 Å². The van der Waals surface area contributed by atoms with Gasteiger partial charge in [-0.3, -0.25) is 4.98 Å². The van der Waals surface area contributed by atoms with Crippen molar-refractivity contribution in [3.8, 4) is 11.4 Å². The third kappa shape index (κ3) is 4.80. The summed E-state index contributed by atoms with van der Waals surface area (Å²) in [5.74, 6) is 0.262. The zero-order valence-corrected chi connectivity index (χ0v) is 21.0. The Kier molecular flexibility index (Phi) is 7.18. The van der Waals surface area contributed by atoms with Crippen molar-refractivity contribution in [3.05, 3.63) is 107 Å². The molecule has 184 valence electrons. The van der Waals surface area contributed by atoms with Crippen LogP contribution < -0.4 is 15.0 Å². The number of thiocarbonyl (C=S) groups is 1. The topological polar surface area (TPSA) is 51.6 Å². The minimum atomic E-state index is -0.304. The van der Waals surface area contributed by atoms with Gasteiger partial charge in [-0.05, 0) is 72.9 Å². The van der Waals surface area contributed by atoms with Gasteiger partial charge in [0.2, 0.25) is 0 Å². The van der Waals surface area contributed by atoms with E-state index in [0.29, 0.717) is 34.8 Å². The van der Waals surface area contributed by atoms with Gasteiger partial charge in [-0.15, -0.1) is 0 Å². The molecule has 0 bridgehead atoms. The summed E-state index contributed by atoms with van der Waals surface area (Å²) in [6, 6.07) is 21.3. The maximum Gasteiger partial charge on any atom is 0.174 e. The number of methoxy groups -OCH3 is 1. The zero-order valence-electron chi connectivity index (χ0n) is 19.5. The van der Waals surface area contributed by atoms with Crippen LogP contribution in [0.3, 0.4) is 0 Å². The molecule has 1 fully saturated rings. The van der Waals surface area contributed by atoms with Gasteiger partial charge in [0.15, 0.2) is 5.11 Å². The van der Waals surface area contributed by atoms with E-state index in [1.807, 2.05) is 70.3 Å². The van der Waals surface area contributed by atoms with Gasteiger partial charge < -0.3 is 24.3 Å². The highest BCUT2D eigenvalue weighted by atomic mass is 35.5.